The van der Waals surface area contributed by atoms with Crippen LogP contribution in [0.4, 0.5) is 24.9 Å². The lowest BCUT2D eigenvalue weighted by Gasteiger charge is -2.38. The van der Waals surface area contributed by atoms with Crippen LogP contribution in [0.1, 0.15) is 18.6 Å². The highest BCUT2D eigenvalue weighted by molar-refractivity contribution is 5.50. The molecule has 2 aromatic rings. The van der Waals surface area contributed by atoms with E-state index in [1.54, 1.807) is 30.3 Å². The number of benzene rings is 1. The van der Waals surface area contributed by atoms with E-state index in [0.29, 0.717) is 37.7 Å². The molecule has 2 atom stereocenters. The Balaban J connectivity index is 1.75. The molecule has 2 aliphatic heterocycles. The summed E-state index contributed by atoms with van der Waals surface area (Å²) in [6.45, 7) is 2.01. The molecule has 7 nitrogen and oxygen atoms in total. The summed E-state index contributed by atoms with van der Waals surface area (Å²) < 4.78 is 48.7. The number of aliphatic hydroxyl groups is 1. The van der Waals surface area contributed by atoms with E-state index in [1.165, 1.54) is 6.07 Å². The van der Waals surface area contributed by atoms with Gasteiger partial charge in [-0.3, -0.25) is 9.36 Å². The summed E-state index contributed by atoms with van der Waals surface area (Å²) in [5.41, 5.74) is -2.42. The molecule has 3 heterocycles. The molecule has 1 fully saturated rings. The number of hydrogen-bond acceptors (Lipinski definition) is 6. The number of fused-ring (bicyclic) bond motifs is 1. The third kappa shape index (κ3) is 3.54. The van der Waals surface area contributed by atoms with Crippen LogP contribution in [0.25, 0.3) is 0 Å². The smallest absolute Gasteiger partial charge is 0.387 e. The van der Waals surface area contributed by atoms with Gasteiger partial charge in [-0.2, -0.15) is 18.2 Å². The van der Waals surface area contributed by atoms with Gasteiger partial charge in [0.05, 0.1) is 32.4 Å². The maximum absolute atomic E-state index is 14.1. The Kier molecular flexibility index (Phi) is 5.23. The molecule has 0 unspecified atom stereocenters. The average molecular weight is 424 g/mol. The van der Waals surface area contributed by atoms with Crippen LogP contribution in [0.2, 0.25) is 0 Å². The molecule has 1 aromatic heterocycles. The molecule has 0 aliphatic carbocycles. The zero-order chi connectivity index (χ0) is 21.5. The topological polar surface area (TPSA) is 70.8 Å². The molecule has 30 heavy (non-hydrogen) atoms. The van der Waals surface area contributed by atoms with Gasteiger partial charge in [-0.1, -0.05) is 30.3 Å². The fourth-order valence-corrected chi connectivity index (χ4v) is 3.88. The molecule has 0 amide bonds. The van der Waals surface area contributed by atoms with Gasteiger partial charge in [0.15, 0.2) is 5.54 Å². The number of ether oxygens (including phenoxy) is 1. The summed E-state index contributed by atoms with van der Waals surface area (Å²) in [5, 5.41) is 10.6. The summed E-state index contributed by atoms with van der Waals surface area (Å²) in [6.07, 6.45) is -5.81. The van der Waals surface area contributed by atoms with Gasteiger partial charge in [0.1, 0.15) is 5.82 Å². The van der Waals surface area contributed by atoms with Crippen molar-refractivity contribution in [2.45, 2.75) is 31.3 Å². The zero-order valence-corrected chi connectivity index (χ0v) is 16.5. The van der Waals surface area contributed by atoms with Crippen LogP contribution < -0.4 is 15.4 Å². The first kappa shape index (κ1) is 20.7. The van der Waals surface area contributed by atoms with Crippen molar-refractivity contribution in [3.8, 4) is 0 Å². The van der Waals surface area contributed by atoms with Gasteiger partial charge in [0.2, 0.25) is 5.95 Å². The minimum absolute atomic E-state index is 0.0844. The minimum atomic E-state index is -4.64. The number of hydrogen-bond donors (Lipinski definition) is 1. The molecule has 0 spiro atoms. The van der Waals surface area contributed by atoms with Crippen molar-refractivity contribution in [1.29, 1.82) is 0 Å². The molecule has 0 radical (unpaired) electrons. The van der Waals surface area contributed by atoms with Crippen molar-refractivity contribution in [2.75, 3.05) is 42.6 Å². The van der Waals surface area contributed by atoms with E-state index in [0.717, 1.165) is 16.4 Å². The lowest BCUT2D eigenvalue weighted by molar-refractivity contribution is -0.183. The average Bonchev–Trinajstić information content (AvgIpc) is 3.03. The maximum Gasteiger partial charge on any atom is 0.413 e. The lowest BCUT2D eigenvalue weighted by atomic mass is 9.99. The molecule has 1 saturated heterocycles. The second-order valence-corrected chi connectivity index (χ2v) is 7.75. The first-order chi connectivity index (χ1) is 14.2. The number of rotatable bonds is 4. The van der Waals surface area contributed by atoms with Crippen molar-refractivity contribution in [1.82, 2.24) is 9.55 Å². The predicted molar refractivity (Wildman–Crippen MR) is 105 cm³/mol. The highest BCUT2D eigenvalue weighted by atomic mass is 19.4. The van der Waals surface area contributed by atoms with Gasteiger partial charge in [-0.05, 0) is 12.5 Å². The molecule has 0 saturated carbocycles. The van der Waals surface area contributed by atoms with Crippen molar-refractivity contribution < 1.29 is 23.0 Å². The SMILES string of the molecule is C[C@]1(C(F)(F)F)Cn2c(nc(N3CCOCC3)cc2=O)N1C[C@H](O)c1ccccc1. The number of aromatic nitrogens is 2. The van der Waals surface area contributed by atoms with Crippen LogP contribution in [-0.4, -0.2) is 59.2 Å². The van der Waals surface area contributed by atoms with E-state index in [-0.39, 0.29) is 12.5 Å². The fraction of sp³-hybridized carbons (Fsp3) is 0.500. The van der Waals surface area contributed by atoms with Crippen LogP contribution in [0, 0.1) is 0 Å². The Morgan fingerprint density at radius 2 is 1.90 bits per heavy atom. The number of halogens is 3. The van der Waals surface area contributed by atoms with Crippen LogP contribution in [0.15, 0.2) is 41.2 Å². The Morgan fingerprint density at radius 3 is 2.53 bits per heavy atom. The third-order valence-corrected chi connectivity index (χ3v) is 5.76. The van der Waals surface area contributed by atoms with Crippen molar-refractivity contribution in [2.24, 2.45) is 0 Å². The molecule has 10 heteroatoms. The quantitative estimate of drug-likeness (QED) is 0.809. The maximum atomic E-state index is 14.1. The Bertz CT molecular complexity index is 960. The van der Waals surface area contributed by atoms with Crippen LogP contribution >= 0.6 is 0 Å². The standard InChI is InChI=1S/C20H23F3N4O3/c1-19(20(21,22)23)13-26-17(29)11-16(25-7-9-30-10-8-25)24-18(26)27(19)12-15(28)14-5-3-2-4-6-14/h2-6,11,15,28H,7-10,12-13H2,1H3/t15-,19+/m0/s1. The van der Waals surface area contributed by atoms with E-state index in [1.807, 2.05) is 4.90 Å². The van der Waals surface area contributed by atoms with Gasteiger partial charge in [0, 0.05) is 19.2 Å². The first-order valence-corrected chi connectivity index (χ1v) is 9.73. The van der Waals surface area contributed by atoms with Gasteiger partial charge >= 0.3 is 6.18 Å². The molecular formula is C20H23F3N4O3. The molecule has 4 rings (SSSR count). The highest BCUT2D eigenvalue weighted by Gasteiger charge is 2.60. The molecule has 1 N–H and O–H groups in total. The van der Waals surface area contributed by atoms with Crippen molar-refractivity contribution in [3.05, 3.63) is 52.3 Å². The summed E-state index contributed by atoms with van der Waals surface area (Å²) in [6, 6.07) is 9.74. The van der Waals surface area contributed by atoms with E-state index >= 15 is 0 Å². The normalized spacial score (nSPS) is 22.8. The molecular weight excluding hydrogens is 401 g/mol. The summed E-state index contributed by atoms with van der Waals surface area (Å²) >= 11 is 0. The summed E-state index contributed by atoms with van der Waals surface area (Å²) in [5.74, 6) is 0.235. The van der Waals surface area contributed by atoms with Gasteiger partial charge < -0.3 is 19.6 Å². The Morgan fingerprint density at radius 1 is 1.23 bits per heavy atom. The van der Waals surface area contributed by atoms with E-state index in [2.05, 4.69) is 4.98 Å². The number of β-amino-alcohol motifs (C(OH)–C–C–N with tert-alkyl or cyclic N) is 1. The fourth-order valence-electron chi connectivity index (χ4n) is 3.88. The minimum Gasteiger partial charge on any atom is -0.387 e. The van der Waals surface area contributed by atoms with Crippen molar-refractivity contribution in [3.63, 3.8) is 0 Å². The Labute approximate surface area is 171 Å². The predicted octanol–water partition coefficient (Wildman–Crippen LogP) is 1.95. The largest absolute Gasteiger partial charge is 0.413 e. The number of aliphatic hydroxyl groups excluding tert-OH is 1. The number of nitrogens with zero attached hydrogens (tertiary/aromatic N) is 4. The third-order valence-electron chi connectivity index (χ3n) is 5.76. The monoisotopic (exact) mass is 424 g/mol. The lowest BCUT2D eigenvalue weighted by Crippen LogP contribution is -2.56. The molecule has 2 aliphatic rings. The van der Waals surface area contributed by atoms with E-state index in [4.69, 9.17) is 4.74 Å². The van der Waals surface area contributed by atoms with Crippen LogP contribution in [-0.2, 0) is 11.3 Å². The summed E-state index contributed by atoms with van der Waals surface area (Å²) in [4.78, 5) is 20.0. The Hall–Kier alpha value is -2.59. The second-order valence-electron chi connectivity index (χ2n) is 7.75. The zero-order valence-electron chi connectivity index (χ0n) is 16.5. The molecule has 1 aromatic carbocycles. The van der Waals surface area contributed by atoms with Gasteiger partial charge in [-0.25, -0.2) is 0 Å². The van der Waals surface area contributed by atoms with E-state index < -0.39 is 29.9 Å². The second kappa shape index (κ2) is 7.59. The summed E-state index contributed by atoms with van der Waals surface area (Å²) in [7, 11) is 0. The molecule has 0 bridgehead atoms. The van der Waals surface area contributed by atoms with Crippen LogP contribution in [0.5, 0.6) is 0 Å². The number of anilines is 2. The molecule has 162 valence electrons. The van der Waals surface area contributed by atoms with Gasteiger partial charge in [-0.15, -0.1) is 0 Å². The van der Waals surface area contributed by atoms with Crippen molar-refractivity contribution >= 4 is 11.8 Å². The highest BCUT2D eigenvalue weighted by Crippen LogP contribution is 2.44. The van der Waals surface area contributed by atoms with Gasteiger partial charge in [0.25, 0.3) is 5.56 Å². The first-order valence-electron chi connectivity index (χ1n) is 9.73. The number of morpholine rings is 1. The van der Waals surface area contributed by atoms with E-state index in [9.17, 15) is 23.1 Å². The number of alkyl halides is 3. The van der Waals surface area contributed by atoms with Crippen LogP contribution in [0.3, 0.4) is 0 Å².